The standard InChI is InChI=1S/C23H25N3O/c1-18-7-9-22(10-8-18)25-23(27)21(16-24)17-26-13-11-20(12-14-26)15-19-5-3-2-4-6-19/h2-10,17,20H,11-15H2,1H3,(H,25,27)/b21-17-. The molecule has 0 bridgehead atoms. The average molecular weight is 359 g/mol. The number of hydrogen-bond acceptors (Lipinski definition) is 3. The molecule has 1 N–H and O–H groups in total. The molecule has 138 valence electrons. The number of nitriles is 1. The van der Waals surface area contributed by atoms with Crippen LogP contribution in [0.25, 0.3) is 0 Å². The van der Waals surface area contributed by atoms with Crippen molar-refractivity contribution >= 4 is 11.6 Å². The summed E-state index contributed by atoms with van der Waals surface area (Å²) in [5.74, 6) is 0.303. The van der Waals surface area contributed by atoms with Crippen LogP contribution in [0, 0.1) is 24.2 Å². The van der Waals surface area contributed by atoms with Gasteiger partial charge in [0.25, 0.3) is 5.91 Å². The zero-order valence-corrected chi connectivity index (χ0v) is 15.7. The molecule has 0 spiro atoms. The van der Waals surface area contributed by atoms with E-state index in [0.29, 0.717) is 11.6 Å². The number of amides is 1. The molecule has 1 fully saturated rings. The van der Waals surface area contributed by atoms with Crippen molar-refractivity contribution < 1.29 is 4.79 Å². The van der Waals surface area contributed by atoms with Crippen molar-refractivity contribution in [2.24, 2.45) is 5.92 Å². The van der Waals surface area contributed by atoms with Gasteiger partial charge in [-0.05, 0) is 49.8 Å². The van der Waals surface area contributed by atoms with Gasteiger partial charge < -0.3 is 10.2 Å². The lowest BCUT2D eigenvalue weighted by Gasteiger charge is -2.31. The first-order valence-corrected chi connectivity index (χ1v) is 9.42. The van der Waals surface area contributed by atoms with Gasteiger partial charge in [0, 0.05) is 25.0 Å². The van der Waals surface area contributed by atoms with Crippen LogP contribution in [0.2, 0.25) is 0 Å². The lowest BCUT2D eigenvalue weighted by atomic mass is 9.90. The lowest BCUT2D eigenvalue weighted by Crippen LogP contribution is -2.31. The molecule has 1 aliphatic heterocycles. The van der Waals surface area contributed by atoms with Gasteiger partial charge in [0.1, 0.15) is 11.6 Å². The number of piperidine rings is 1. The molecule has 0 radical (unpaired) electrons. The van der Waals surface area contributed by atoms with Crippen LogP contribution in [0.15, 0.2) is 66.4 Å². The minimum absolute atomic E-state index is 0.150. The van der Waals surface area contributed by atoms with Crippen LogP contribution >= 0.6 is 0 Å². The minimum Gasteiger partial charge on any atom is -0.376 e. The van der Waals surface area contributed by atoms with Crippen LogP contribution in [0.4, 0.5) is 5.69 Å². The highest BCUT2D eigenvalue weighted by atomic mass is 16.1. The maximum Gasteiger partial charge on any atom is 0.267 e. The molecule has 3 rings (SSSR count). The van der Waals surface area contributed by atoms with Crippen molar-refractivity contribution in [1.82, 2.24) is 4.90 Å². The smallest absolute Gasteiger partial charge is 0.267 e. The molecule has 0 aromatic heterocycles. The third kappa shape index (κ3) is 5.46. The van der Waals surface area contributed by atoms with Crippen molar-refractivity contribution in [3.05, 3.63) is 77.5 Å². The van der Waals surface area contributed by atoms with Gasteiger partial charge in [-0.1, -0.05) is 48.0 Å². The van der Waals surface area contributed by atoms with E-state index in [4.69, 9.17) is 0 Å². The Morgan fingerprint density at radius 1 is 1.15 bits per heavy atom. The maximum absolute atomic E-state index is 12.4. The van der Waals surface area contributed by atoms with Gasteiger partial charge in [0.15, 0.2) is 0 Å². The molecule has 27 heavy (non-hydrogen) atoms. The number of nitrogens with one attached hydrogen (secondary N) is 1. The normalized spacial score (nSPS) is 15.3. The van der Waals surface area contributed by atoms with Gasteiger partial charge in [-0.15, -0.1) is 0 Å². The molecule has 2 aromatic carbocycles. The first kappa shape index (κ1) is 18.7. The van der Waals surface area contributed by atoms with E-state index in [0.717, 1.165) is 37.9 Å². The van der Waals surface area contributed by atoms with E-state index in [-0.39, 0.29) is 11.5 Å². The maximum atomic E-state index is 12.4. The summed E-state index contributed by atoms with van der Waals surface area (Å²) in [6.07, 6.45) is 4.95. The SMILES string of the molecule is Cc1ccc(NC(=O)/C(C#N)=C\N2CCC(Cc3ccccc3)CC2)cc1. The minimum atomic E-state index is -0.354. The van der Waals surface area contributed by atoms with Crippen LogP contribution in [0.5, 0.6) is 0 Å². The van der Waals surface area contributed by atoms with Crippen LogP contribution in [0.1, 0.15) is 24.0 Å². The zero-order chi connectivity index (χ0) is 19.1. The summed E-state index contributed by atoms with van der Waals surface area (Å²) in [7, 11) is 0. The number of aryl methyl sites for hydroxylation is 1. The Balaban J connectivity index is 1.54. The van der Waals surface area contributed by atoms with Crippen LogP contribution in [0.3, 0.4) is 0 Å². The van der Waals surface area contributed by atoms with Gasteiger partial charge in [0.2, 0.25) is 0 Å². The quantitative estimate of drug-likeness (QED) is 0.640. The number of carbonyl (C=O) groups excluding carboxylic acids is 1. The van der Waals surface area contributed by atoms with Crippen molar-refractivity contribution in [1.29, 1.82) is 5.26 Å². The van der Waals surface area contributed by atoms with Gasteiger partial charge in [-0.25, -0.2) is 0 Å². The Morgan fingerprint density at radius 3 is 2.44 bits per heavy atom. The first-order chi connectivity index (χ1) is 13.1. The fourth-order valence-corrected chi connectivity index (χ4v) is 3.39. The summed E-state index contributed by atoms with van der Waals surface area (Å²) in [5, 5.41) is 12.2. The first-order valence-electron chi connectivity index (χ1n) is 9.42. The summed E-state index contributed by atoms with van der Waals surface area (Å²) in [4.78, 5) is 14.5. The third-order valence-corrected chi connectivity index (χ3v) is 5.00. The van der Waals surface area contributed by atoms with E-state index in [1.54, 1.807) is 6.20 Å². The Hall–Kier alpha value is -3.06. The van der Waals surface area contributed by atoms with Gasteiger partial charge in [-0.3, -0.25) is 4.79 Å². The van der Waals surface area contributed by atoms with E-state index in [2.05, 4.69) is 34.5 Å². The Bertz CT molecular complexity index is 826. The summed E-state index contributed by atoms with van der Waals surface area (Å²) < 4.78 is 0. The van der Waals surface area contributed by atoms with Crippen LogP contribution in [-0.4, -0.2) is 23.9 Å². The Labute approximate surface area is 161 Å². The van der Waals surface area contributed by atoms with E-state index in [1.165, 1.54) is 5.56 Å². The second-order valence-corrected chi connectivity index (χ2v) is 7.14. The number of nitrogens with zero attached hydrogens (tertiary/aromatic N) is 2. The molecule has 4 heteroatoms. The molecular weight excluding hydrogens is 334 g/mol. The summed E-state index contributed by atoms with van der Waals surface area (Å²) in [6, 6.07) is 20.2. The number of benzene rings is 2. The molecule has 1 heterocycles. The van der Waals surface area contributed by atoms with E-state index < -0.39 is 0 Å². The largest absolute Gasteiger partial charge is 0.376 e. The molecule has 0 unspecified atom stereocenters. The molecule has 1 saturated heterocycles. The highest BCUT2D eigenvalue weighted by molar-refractivity contribution is 6.06. The molecule has 0 atom stereocenters. The predicted octanol–water partition coefficient (Wildman–Crippen LogP) is 4.30. The second-order valence-electron chi connectivity index (χ2n) is 7.14. The number of anilines is 1. The molecule has 0 saturated carbocycles. The lowest BCUT2D eigenvalue weighted by molar-refractivity contribution is -0.112. The number of likely N-dealkylation sites (tertiary alicyclic amines) is 1. The number of rotatable bonds is 5. The molecule has 4 nitrogen and oxygen atoms in total. The average Bonchev–Trinajstić information content (AvgIpc) is 2.70. The summed E-state index contributed by atoms with van der Waals surface area (Å²) in [6.45, 7) is 3.74. The molecule has 1 amide bonds. The fourth-order valence-electron chi connectivity index (χ4n) is 3.39. The van der Waals surface area contributed by atoms with Gasteiger partial charge >= 0.3 is 0 Å². The summed E-state index contributed by atoms with van der Waals surface area (Å²) >= 11 is 0. The number of carbonyl (C=O) groups is 1. The Morgan fingerprint density at radius 2 is 1.81 bits per heavy atom. The van der Waals surface area contributed by atoms with Crippen LogP contribution < -0.4 is 5.32 Å². The predicted molar refractivity (Wildman–Crippen MR) is 108 cm³/mol. The molecule has 1 aliphatic rings. The van der Waals surface area contributed by atoms with Crippen molar-refractivity contribution in [3.63, 3.8) is 0 Å². The van der Waals surface area contributed by atoms with Crippen molar-refractivity contribution in [3.8, 4) is 6.07 Å². The van der Waals surface area contributed by atoms with E-state index >= 15 is 0 Å². The monoisotopic (exact) mass is 359 g/mol. The van der Waals surface area contributed by atoms with Gasteiger partial charge in [0.05, 0.1) is 0 Å². The van der Waals surface area contributed by atoms with Crippen molar-refractivity contribution in [2.45, 2.75) is 26.2 Å². The highest BCUT2D eigenvalue weighted by Crippen LogP contribution is 2.22. The zero-order valence-electron chi connectivity index (χ0n) is 15.7. The van der Waals surface area contributed by atoms with E-state index in [9.17, 15) is 10.1 Å². The topological polar surface area (TPSA) is 56.1 Å². The molecule has 2 aromatic rings. The Kier molecular flexibility index (Phi) is 6.27. The molecular formula is C23H25N3O. The molecule has 0 aliphatic carbocycles. The highest BCUT2D eigenvalue weighted by Gasteiger charge is 2.19. The fraction of sp³-hybridized carbons (Fsp3) is 0.304. The van der Waals surface area contributed by atoms with Crippen LogP contribution in [-0.2, 0) is 11.2 Å². The summed E-state index contributed by atoms with van der Waals surface area (Å²) in [5.41, 5.74) is 3.36. The van der Waals surface area contributed by atoms with Crippen molar-refractivity contribution in [2.75, 3.05) is 18.4 Å². The number of hydrogen-bond donors (Lipinski definition) is 1. The van der Waals surface area contributed by atoms with Gasteiger partial charge in [-0.2, -0.15) is 5.26 Å². The second kappa shape index (κ2) is 9.05. The van der Waals surface area contributed by atoms with E-state index in [1.807, 2.05) is 43.3 Å². The third-order valence-electron chi connectivity index (χ3n) is 5.00.